The van der Waals surface area contributed by atoms with Gasteiger partial charge in [0.05, 0.1) is 6.10 Å². The quantitative estimate of drug-likeness (QED) is 0.857. The molecule has 0 aliphatic carbocycles. The molecule has 3 nitrogen and oxygen atoms in total. The van der Waals surface area contributed by atoms with Gasteiger partial charge in [-0.05, 0) is 31.5 Å². The number of ether oxygens (including phenoxy) is 1. The van der Waals surface area contributed by atoms with Crippen LogP contribution >= 0.6 is 0 Å². The molecule has 0 fully saturated rings. The predicted molar refractivity (Wildman–Crippen MR) is 78.3 cm³/mol. The minimum absolute atomic E-state index is 0.0691. The van der Waals surface area contributed by atoms with E-state index in [-0.39, 0.29) is 6.10 Å². The average Bonchev–Trinajstić information content (AvgIpc) is 2.44. The summed E-state index contributed by atoms with van der Waals surface area (Å²) in [6.45, 7) is 5.47. The number of rotatable bonds is 6. The van der Waals surface area contributed by atoms with Crippen LogP contribution in [0.5, 0.6) is 0 Å². The van der Waals surface area contributed by atoms with E-state index in [1.807, 2.05) is 50.4 Å². The number of anilines is 1. The zero-order valence-electron chi connectivity index (χ0n) is 11.5. The Balaban J connectivity index is 2.01. The Morgan fingerprint density at radius 1 is 1.21 bits per heavy atom. The van der Waals surface area contributed by atoms with Crippen molar-refractivity contribution < 1.29 is 4.74 Å². The molecule has 0 radical (unpaired) electrons. The third-order valence-electron chi connectivity index (χ3n) is 2.93. The second-order valence-electron chi connectivity index (χ2n) is 4.42. The number of nitrogens with zero attached hydrogens (tertiary/aromatic N) is 1. The molecule has 1 aromatic carbocycles. The van der Waals surface area contributed by atoms with E-state index in [9.17, 15) is 0 Å². The lowest BCUT2D eigenvalue weighted by Gasteiger charge is -2.19. The van der Waals surface area contributed by atoms with Gasteiger partial charge < -0.3 is 10.1 Å². The van der Waals surface area contributed by atoms with Crippen molar-refractivity contribution in [3.05, 3.63) is 59.9 Å². The highest BCUT2D eigenvalue weighted by atomic mass is 16.5. The molecule has 0 aliphatic heterocycles. The van der Waals surface area contributed by atoms with Gasteiger partial charge in [0.2, 0.25) is 0 Å². The topological polar surface area (TPSA) is 34.1 Å². The fraction of sp³-hybridized carbons (Fsp3) is 0.312. The Labute approximate surface area is 114 Å². The molecule has 2 rings (SSSR count). The van der Waals surface area contributed by atoms with Gasteiger partial charge in [0.1, 0.15) is 0 Å². The molecular weight excluding hydrogens is 236 g/mol. The highest BCUT2D eigenvalue weighted by Crippen LogP contribution is 2.18. The van der Waals surface area contributed by atoms with E-state index in [0.29, 0.717) is 6.61 Å². The highest BCUT2D eigenvalue weighted by Gasteiger charge is 2.10. The third-order valence-corrected chi connectivity index (χ3v) is 2.93. The van der Waals surface area contributed by atoms with Crippen molar-refractivity contribution in [2.24, 2.45) is 0 Å². The van der Waals surface area contributed by atoms with E-state index in [1.54, 1.807) is 0 Å². The second-order valence-corrected chi connectivity index (χ2v) is 4.42. The number of nitrogens with one attached hydrogen (secondary N) is 1. The number of aryl methyl sites for hydroxylation is 1. The van der Waals surface area contributed by atoms with Crippen molar-refractivity contribution in [2.75, 3.05) is 18.5 Å². The predicted octanol–water partition coefficient (Wildman–Crippen LogP) is 3.58. The van der Waals surface area contributed by atoms with Crippen molar-refractivity contribution >= 4 is 5.69 Å². The molecule has 1 aromatic heterocycles. The maximum absolute atomic E-state index is 5.80. The first-order chi connectivity index (χ1) is 9.29. The Morgan fingerprint density at radius 2 is 2.00 bits per heavy atom. The van der Waals surface area contributed by atoms with Crippen LogP contribution in [-0.2, 0) is 4.74 Å². The van der Waals surface area contributed by atoms with Crippen LogP contribution in [0.15, 0.2) is 48.7 Å². The fourth-order valence-electron chi connectivity index (χ4n) is 2.01. The van der Waals surface area contributed by atoms with Gasteiger partial charge in [0.15, 0.2) is 0 Å². The van der Waals surface area contributed by atoms with E-state index in [1.165, 1.54) is 5.56 Å². The number of hydrogen-bond acceptors (Lipinski definition) is 3. The van der Waals surface area contributed by atoms with Crippen LogP contribution in [0, 0.1) is 6.92 Å². The molecule has 1 N–H and O–H groups in total. The number of aromatic nitrogens is 1. The summed E-state index contributed by atoms with van der Waals surface area (Å²) in [6.07, 6.45) is 1.88. The zero-order chi connectivity index (χ0) is 13.5. The van der Waals surface area contributed by atoms with Gasteiger partial charge in [0, 0.05) is 30.7 Å². The van der Waals surface area contributed by atoms with Crippen molar-refractivity contribution in [1.29, 1.82) is 0 Å². The number of pyridine rings is 1. The summed E-state index contributed by atoms with van der Waals surface area (Å²) in [4.78, 5) is 4.19. The first-order valence-corrected chi connectivity index (χ1v) is 6.62. The van der Waals surface area contributed by atoms with Crippen molar-refractivity contribution in [2.45, 2.75) is 20.0 Å². The monoisotopic (exact) mass is 256 g/mol. The molecule has 0 amide bonds. The maximum Gasteiger partial charge on any atom is 0.0996 e. The summed E-state index contributed by atoms with van der Waals surface area (Å²) in [5.74, 6) is 0. The Morgan fingerprint density at radius 3 is 2.68 bits per heavy atom. The standard InChI is InChI=1S/C16H20N2O/c1-3-19-16(14-7-5-4-6-8-14)12-18-15-9-10-17-13(2)11-15/h4-11,16H,3,12H2,1-2H3,(H,17,18). The normalized spacial score (nSPS) is 12.1. The summed E-state index contributed by atoms with van der Waals surface area (Å²) < 4.78 is 5.80. The maximum atomic E-state index is 5.80. The summed E-state index contributed by atoms with van der Waals surface area (Å²) in [5.41, 5.74) is 3.29. The summed E-state index contributed by atoms with van der Waals surface area (Å²) in [5, 5.41) is 3.40. The van der Waals surface area contributed by atoms with Crippen molar-refractivity contribution in [3.8, 4) is 0 Å². The molecule has 0 spiro atoms. The lowest BCUT2D eigenvalue weighted by atomic mass is 10.1. The molecule has 0 bridgehead atoms. The summed E-state index contributed by atoms with van der Waals surface area (Å²) in [6, 6.07) is 14.3. The molecule has 19 heavy (non-hydrogen) atoms. The van der Waals surface area contributed by atoms with Gasteiger partial charge in [-0.2, -0.15) is 0 Å². The summed E-state index contributed by atoms with van der Waals surface area (Å²) in [7, 11) is 0. The Kier molecular flexibility index (Phi) is 4.93. The number of benzene rings is 1. The highest BCUT2D eigenvalue weighted by molar-refractivity contribution is 5.43. The van der Waals surface area contributed by atoms with E-state index in [4.69, 9.17) is 4.74 Å². The lowest BCUT2D eigenvalue weighted by molar-refractivity contribution is 0.0719. The zero-order valence-corrected chi connectivity index (χ0v) is 11.5. The fourth-order valence-corrected chi connectivity index (χ4v) is 2.01. The molecule has 1 heterocycles. The van der Waals surface area contributed by atoms with E-state index < -0.39 is 0 Å². The first kappa shape index (κ1) is 13.6. The minimum atomic E-state index is 0.0691. The molecule has 1 unspecified atom stereocenters. The molecule has 1 atom stereocenters. The molecule has 0 saturated heterocycles. The molecular formula is C16H20N2O. The van der Waals surface area contributed by atoms with Gasteiger partial charge in [0.25, 0.3) is 0 Å². The van der Waals surface area contributed by atoms with Gasteiger partial charge in [-0.1, -0.05) is 30.3 Å². The average molecular weight is 256 g/mol. The van der Waals surface area contributed by atoms with Gasteiger partial charge in [-0.3, -0.25) is 4.98 Å². The van der Waals surface area contributed by atoms with Crippen LogP contribution in [0.25, 0.3) is 0 Å². The molecule has 0 saturated carbocycles. The second kappa shape index (κ2) is 6.90. The van der Waals surface area contributed by atoms with Gasteiger partial charge >= 0.3 is 0 Å². The van der Waals surface area contributed by atoms with E-state index >= 15 is 0 Å². The van der Waals surface area contributed by atoms with E-state index in [0.717, 1.165) is 17.9 Å². The van der Waals surface area contributed by atoms with Gasteiger partial charge in [-0.25, -0.2) is 0 Å². The third kappa shape index (κ3) is 4.07. The Hall–Kier alpha value is -1.87. The number of hydrogen-bond donors (Lipinski definition) is 1. The van der Waals surface area contributed by atoms with Gasteiger partial charge in [-0.15, -0.1) is 0 Å². The summed E-state index contributed by atoms with van der Waals surface area (Å²) >= 11 is 0. The van der Waals surface area contributed by atoms with Crippen LogP contribution in [-0.4, -0.2) is 18.1 Å². The van der Waals surface area contributed by atoms with E-state index in [2.05, 4.69) is 22.4 Å². The first-order valence-electron chi connectivity index (χ1n) is 6.62. The van der Waals surface area contributed by atoms with Crippen LogP contribution in [0.4, 0.5) is 5.69 Å². The van der Waals surface area contributed by atoms with Crippen LogP contribution in [0.3, 0.4) is 0 Å². The van der Waals surface area contributed by atoms with Crippen LogP contribution < -0.4 is 5.32 Å². The molecule has 100 valence electrons. The molecule has 2 aromatic rings. The van der Waals surface area contributed by atoms with Crippen molar-refractivity contribution in [3.63, 3.8) is 0 Å². The minimum Gasteiger partial charge on any atom is -0.382 e. The lowest BCUT2D eigenvalue weighted by Crippen LogP contribution is -2.16. The Bertz CT molecular complexity index is 499. The molecule has 3 heteroatoms. The smallest absolute Gasteiger partial charge is 0.0996 e. The SMILES string of the molecule is CCOC(CNc1ccnc(C)c1)c1ccccc1. The largest absolute Gasteiger partial charge is 0.382 e. The molecule has 0 aliphatic rings. The van der Waals surface area contributed by atoms with Crippen molar-refractivity contribution in [1.82, 2.24) is 4.98 Å². The van der Waals surface area contributed by atoms with Crippen LogP contribution in [0.2, 0.25) is 0 Å². The van der Waals surface area contributed by atoms with Crippen LogP contribution in [0.1, 0.15) is 24.3 Å².